The predicted octanol–water partition coefficient (Wildman–Crippen LogP) is 2.86. The Morgan fingerprint density at radius 1 is 1.33 bits per heavy atom. The topological polar surface area (TPSA) is 75.2 Å². The van der Waals surface area contributed by atoms with E-state index in [1.165, 1.54) is 4.31 Å². The second-order valence-corrected chi connectivity index (χ2v) is 7.19. The van der Waals surface area contributed by atoms with E-state index in [0.29, 0.717) is 34.4 Å². The molecule has 1 aromatic heterocycles. The Balaban J connectivity index is 2.29. The minimum atomic E-state index is -3.55. The lowest BCUT2D eigenvalue weighted by atomic mass is 10.1. The normalized spacial score (nSPS) is 11.8. The van der Waals surface area contributed by atoms with Gasteiger partial charge in [-0.25, -0.2) is 0 Å². The van der Waals surface area contributed by atoms with Crippen LogP contribution in [0.2, 0.25) is 4.34 Å². The van der Waals surface area contributed by atoms with Gasteiger partial charge < -0.3 is 0 Å². The van der Waals surface area contributed by atoms with Gasteiger partial charge in [0.05, 0.1) is 5.69 Å². The SMILES string of the molecule is CCN(CC)S(=O)(=O)Nc1cccc(-c2nnsc2Cl)c1. The van der Waals surface area contributed by atoms with Gasteiger partial charge in [-0.2, -0.15) is 12.7 Å². The Morgan fingerprint density at radius 3 is 2.62 bits per heavy atom. The van der Waals surface area contributed by atoms with E-state index in [1.54, 1.807) is 38.1 Å². The van der Waals surface area contributed by atoms with Crippen LogP contribution >= 0.6 is 23.1 Å². The fourth-order valence-corrected chi connectivity index (χ4v) is 3.77. The molecular formula is C12H15ClN4O2S2. The minimum absolute atomic E-state index is 0.410. The fraction of sp³-hybridized carbons (Fsp3) is 0.333. The van der Waals surface area contributed by atoms with E-state index in [4.69, 9.17) is 11.6 Å². The second kappa shape index (κ2) is 6.69. The van der Waals surface area contributed by atoms with E-state index >= 15 is 0 Å². The van der Waals surface area contributed by atoms with E-state index in [2.05, 4.69) is 14.3 Å². The Morgan fingerprint density at radius 2 is 2.05 bits per heavy atom. The molecule has 0 aliphatic carbocycles. The van der Waals surface area contributed by atoms with Crippen molar-refractivity contribution in [1.82, 2.24) is 13.9 Å². The zero-order valence-corrected chi connectivity index (χ0v) is 14.0. The molecule has 0 saturated carbocycles. The summed E-state index contributed by atoms with van der Waals surface area (Å²) in [4.78, 5) is 0. The van der Waals surface area contributed by atoms with Crippen LogP contribution in [-0.4, -0.2) is 35.4 Å². The standard InChI is InChI=1S/C12H15ClN4O2S2/c1-3-17(4-2)21(18,19)15-10-7-5-6-9(8-10)11-12(13)20-16-14-11/h5-8,15H,3-4H2,1-2H3. The van der Waals surface area contributed by atoms with Gasteiger partial charge in [-0.1, -0.05) is 42.1 Å². The van der Waals surface area contributed by atoms with Crippen molar-refractivity contribution in [2.24, 2.45) is 0 Å². The zero-order chi connectivity index (χ0) is 15.5. The van der Waals surface area contributed by atoms with Crippen LogP contribution in [0.15, 0.2) is 24.3 Å². The first-order valence-electron chi connectivity index (χ1n) is 6.34. The summed E-state index contributed by atoms with van der Waals surface area (Å²) in [5, 5.41) is 3.94. The lowest BCUT2D eigenvalue weighted by molar-refractivity contribution is 0.449. The van der Waals surface area contributed by atoms with Crippen molar-refractivity contribution >= 4 is 39.0 Å². The highest BCUT2D eigenvalue weighted by Gasteiger charge is 2.18. The Labute approximate surface area is 133 Å². The summed E-state index contributed by atoms with van der Waals surface area (Å²) < 4.78 is 32.5. The summed E-state index contributed by atoms with van der Waals surface area (Å²) >= 11 is 7.09. The van der Waals surface area contributed by atoms with Gasteiger partial charge in [-0.05, 0) is 12.1 Å². The molecule has 0 atom stereocenters. The van der Waals surface area contributed by atoms with Crippen molar-refractivity contribution < 1.29 is 8.42 Å². The van der Waals surface area contributed by atoms with Crippen LogP contribution in [-0.2, 0) is 10.2 Å². The van der Waals surface area contributed by atoms with E-state index in [0.717, 1.165) is 11.5 Å². The molecule has 0 amide bonds. The van der Waals surface area contributed by atoms with Crippen LogP contribution in [0.25, 0.3) is 11.3 Å². The number of nitrogens with one attached hydrogen (secondary N) is 1. The lowest BCUT2D eigenvalue weighted by Crippen LogP contribution is -2.35. The summed E-state index contributed by atoms with van der Waals surface area (Å²) in [5.41, 5.74) is 1.72. The van der Waals surface area contributed by atoms with Crippen molar-refractivity contribution in [2.75, 3.05) is 17.8 Å². The third-order valence-electron chi connectivity index (χ3n) is 2.88. The zero-order valence-electron chi connectivity index (χ0n) is 11.6. The van der Waals surface area contributed by atoms with Crippen LogP contribution in [0.3, 0.4) is 0 Å². The van der Waals surface area contributed by atoms with Crippen molar-refractivity contribution in [3.8, 4) is 11.3 Å². The number of halogens is 1. The predicted molar refractivity (Wildman–Crippen MR) is 85.8 cm³/mol. The fourth-order valence-electron chi connectivity index (χ4n) is 1.86. The minimum Gasteiger partial charge on any atom is -0.271 e. The Hall–Kier alpha value is -1.22. The van der Waals surface area contributed by atoms with Gasteiger partial charge in [-0.3, -0.25) is 4.72 Å². The molecule has 1 aromatic carbocycles. The maximum atomic E-state index is 12.2. The third kappa shape index (κ3) is 3.70. The Bertz CT molecular complexity index is 714. The summed E-state index contributed by atoms with van der Waals surface area (Å²) in [6.45, 7) is 4.40. The maximum absolute atomic E-state index is 12.2. The van der Waals surface area contributed by atoms with Crippen molar-refractivity contribution in [3.63, 3.8) is 0 Å². The lowest BCUT2D eigenvalue weighted by Gasteiger charge is -2.19. The maximum Gasteiger partial charge on any atom is 0.301 e. The number of aromatic nitrogens is 2. The Kier molecular flexibility index (Phi) is 5.15. The number of nitrogens with zero attached hydrogens (tertiary/aromatic N) is 3. The summed E-state index contributed by atoms with van der Waals surface area (Å²) in [6.07, 6.45) is 0. The first-order chi connectivity index (χ1) is 9.97. The molecule has 0 spiro atoms. The van der Waals surface area contributed by atoms with Gasteiger partial charge in [0.25, 0.3) is 0 Å². The molecule has 21 heavy (non-hydrogen) atoms. The van der Waals surface area contributed by atoms with E-state index in [-0.39, 0.29) is 0 Å². The monoisotopic (exact) mass is 346 g/mol. The molecule has 0 fully saturated rings. The first kappa shape index (κ1) is 16.2. The molecule has 9 heteroatoms. The van der Waals surface area contributed by atoms with Crippen LogP contribution in [0.1, 0.15) is 13.8 Å². The van der Waals surface area contributed by atoms with Crippen LogP contribution in [0.5, 0.6) is 0 Å². The van der Waals surface area contributed by atoms with E-state index in [9.17, 15) is 8.42 Å². The van der Waals surface area contributed by atoms with Crippen LogP contribution < -0.4 is 4.72 Å². The highest BCUT2D eigenvalue weighted by molar-refractivity contribution is 7.90. The molecule has 0 unspecified atom stereocenters. The molecule has 0 aliphatic rings. The average molecular weight is 347 g/mol. The molecule has 0 bridgehead atoms. The van der Waals surface area contributed by atoms with Crippen LogP contribution in [0.4, 0.5) is 5.69 Å². The quantitative estimate of drug-likeness (QED) is 0.872. The molecular weight excluding hydrogens is 332 g/mol. The molecule has 2 rings (SSSR count). The van der Waals surface area contributed by atoms with Crippen molar-refractivity contribution in [1.29, 1.82) is 0 Å². The molecule has 0 saturated heterocycles. The van der Waals surface area contributed by atoms with Crippen LogP contribution in [0, 0.1) is 0 Å². The van der Waals surface area contributed by atoms with Crippen molar-refractivity contribution in [3.05, 3.63) is 28.6 Å². The van der Waals surface area contributed by atoms with Gasteiger partial charge in [0.2, 0.25) is 0 Å². The molecule has 1 heterocycles. The summed E-state index contributed by atoms with van der Waals surface area (Å²) in [7, 11) is -3.55. The van der Waals surface area contributed by atoms with Gasteiger partial charge in [0, 0.05) is 30.2 Å². The van der Waals surface area contributed by atoms with Crippen molar-refractivity contribution in [2.45, 2.75) is 13.8 Å². The van der Waals surface area contributed by atoms with E-state index in [1.807, 2.05) is 0 Å². The molecule has 2 aromatic rings. The van der Waals surface area contributed by atoms with Gasteiger partial charge >= 0.3 is 10.2 Å². The summed E-state index contributed by atoms with van der Waals surface area (Å²) in [5.74, 6) is 0. The highest BCUT2D eigenvalue weighted by Crippen LogP contribution is 2.29. The number of rotatable bonds is 6. The van der Waals surface area contributed by atoms with Gasteiger partial charge in [0.15, 0.2) is 0 Å². The summed E-state index contributed by atoms with van der Waals surface area (Å²) in [6, 6.07) is 6.91. The highest BCUT2D eigenvalue weighted by atomic mass is 35.5. The number of anilines is 1. The number of benzene rings is 1. The molecule has 1 N–H and O–H groups in total. The largest absolute Gasteiger partial charge is 0.301 e. The van der Waals surface area contributed by atoms with E-state index < -0.39 is 10.2 Å². The second-order valence-electron chi connectivity index (χ2n) is 4.17. The number of hydrogen-bond donors (Lipinski definition) is 1. The molecule has 0 aliphatic heterocycles. The molecule has 6 nitrogen and oxygen atoms in total. The molecule has 114 valence electrons. The van der Waals surface area contributed by atoms with Gasteiger partial charge in [0.1, 0.15) is 10.0 Å². The first-order valence-corrected chi connectivity index (χ1v) is 8.93. The third-order valence-corrected chi connectivity index (χ3v) is 5.47. The molecule has 0 radical (unpaired) electrons. The smallest absolute Gasteiger partial charge is 0.271 e. The average Bonchev–Trinajstić information content (AvgIpc) is 2.85. The van der Waals surface area contributed by atoms with Gasteiger partial charge in [-0.15, -0.1) is 5.10 Å². The number of hydrogen-bond acceptors (Lipinski definition) is 5.